The summed E-state index contributed by atoms with van der Waals surface area (Å²) in [7, 11) is 1.66. The lowest BCUT2D eigenvalue weighted by molar-refractivity contribution is 0.0402. The van der Waals surface area contributed by atoms with Crippen LogP contribution in [0.5, 0.6) is 0 Å². The molecule has 8 heteroatoms. The van der Waals surface area contributed by atoms with Crippen LogP contribution in [0, 0.1) is 0 Å². The number of benzene rings is 3. The summed E-state index contributed by atoms with van der Waals surface area (Å²) in [6, 6.07) is 28.1. The molecule has 0 saturated heterocycles. The summed E-state index contributed by atoms with van der Waals surface area (Å²) in [6.07, 6.45) is 1.03. The van der Waals surface area contributed by atoms with Gasteiger partial charge in [-0.2, -0.15) is 0 Å². The molecule has 0 spiro atoms. The number of anilines is 1. The zero-order valence-corrected chi connectivity index (χ0v) is 20.7. The van der Waals surface area contributed by atoms with Crippen LogP contribution < -0.4 is 10.6 Å². The van der Waals surface area contributed by atoms with E-state index >= 15 is 0 Å². The third kappa shape index (κ3) is 7.78. The number of nitrogens with one attached hydrogen (secondary N) is 2. The number of amides is 3. The van der Waals surface area contributed by atoms with E-state index in [-0.39, 0.29) is 19.2 Å². The molecule has 3 aromatic carbocycles. The van der Waals surface area contributed by atoms with Crippen LogP contribution in [-0.2, 0) is 22.6 Å². The normalized spacial score (nSPS) is 11.5. The van der Waals surface area contributed by atoms with Crippen LogP contribution in [0.25, 0.3) is 10.8 Å². The van der Waals surface area contributed by atoms with Crippen LogP contribution >= 0.6 is 0 Å². The molecule has 1 aromatic heterocycles. The van der Waals surface area contributed by atoms with Crippen molar-refractivity contribution in [3.8, 4) is 0 Å². The molecular weight excluding hydrogens is 468 g/mol. The fourth-order valence-corrected chi connectivity index (χ4v) is 3.69. The van der Waals surface area contributed by atoms with E-state index in [1.165, 1.54) is 4.90 Å². The average molecular weight is 499 g/mol. The van der Waals surface area contributed by atoms with Crippen LogP contribution in [0.4, 0.5) is 15.4 Å². The number of carbonyl (C=O) groups is 2. The van der Waals surface area contributed by atoms with Crippen molar-refractivity contribution in [3.05, 3.63) is 108 Å². The van der Waals surface area contributed by atoms with Crippen molar-refractivity contribution in [3.63, 3.8) is 0 Å². The molecule has 0 aliphatic heterocycles. The van der Waals surface area contributed by atoms with Gasteiger partial charge in [-0.05, 0) is 22.6 Å². The smallest absolute Gasteiger partial charge is 0.412 e. The van der Waals surface area contributed by atoms with Gasteiger partial charge in [0.25, 0.3) is 0 Å². The second-order valence-electron chi connectivity index (χ2n) is 8.55. The first kappa shape index (κ1) is 25.7. The molecule has 3 amide bonds. The van der Waals surface area contributed by atoms with E-state index < -0.39 is 12.1 Å². The molecule has 190 valence electrons. The largest absolute Gasteiger partial charge is 0.447 e. The summed E-state index contributed by atoms with van der Waals surface area (Å²) in [5.74, 6) is 0.384. The van der Waals surface area contributed by atoms with Crippen molar-refractivity contribution in [1.29, 1.82) is 0 Å². The lowest BCUT2D eigenvalue weighted by Crippen LogP contribution is -2.48. The number of fused-ring (bicyclic) bond motifs is 1. The van der Waals surface area contributed by atoms with Crippen molar-refractivity contribution in [1.82, 2.24) is 15.2 Å². The summed E-state index contributed by atoms with van der Waals surface area (Å²) in [4.78, 5) is 31.1. The van der Waals surface area contributed by atoms with Gasteiger partial charge in [0.15, 0.2) is 0 Å². The van der Waals surface area contributed by atoms with E-state index in [9.17, 15) is 9.59 Å². The highest BCUT2D eigenvalue weighted by Crippen LogP contribution is 2.16. The first-order valence-corrected chi connectivity index (χ1v) is 12.0. The Balaban J connectivity index is 1.34. The number of pyridine rings is 1. The summed E-state index contributed by atoms with van der Waals surface area (Å²) in [6.45, 7) is 0.899. The molecule has 0 saturated carbocycles. The van der Waals surface area contributed by atoms with Gasteiger partial charge in [0.2, 0.25) is 0 Å². The Kier molecular flexibility index (Phi) is 9.04. The standard InChI is InChI=1S/C29H30N4O4/c1-33(28(34)31-17-22-10-4-2-5-11-22)26(20-36-19-23-12-6-3-7-13-23)21-37-29(35)32-27-16-24-14-8-9-15-25(24)18-30-27/h2-16,18,26H,17,19-21H2,1H3,(H,31,34)(H,30,32,35)/t26-/m0/s1. The quantitative estimate of drug-likeness (QED) is 0.313. The molecule has 0 unspecified atom stereocenters. The lowest BCUT2D eigenvalue weighted by atomic mass is 10.2. The molecule has 0 bridgehead atoms. The molecule has 0 aliphatic rings. The minimum atomic E-state index is -0.658. The Labute approximate surface area is 216 Å². The Hall–Kier alpha value is -4.43. The maximum Gasteiger partial charge on any atom is 0.412 e. The molecule has 1 atom stereocenters. The lowest BCUT2D eigenvalue weighted by Gasteiger charge is -2.28. The number of urea groups is 1. The molecular formula is C29H30N4O4. The molecule has 0 fully saturated rings. The van der Waals surface area contributed by atoms with E-state index in [0.717, 1.165) is 21.9 Å². The number of hydrogen-bond donors (Lipinski definition) is 2. The van der Waals surface area contributed by atoms with Gasteiger partial charge in [-0.3, -0.25) is 5.32 Å². The van der Waals surface area contributed by atoms with Gasteiger partial charge >= 0.3 is 12.1 Å². The van der Waals surface area contributed by atoms with E-state index in [2.05, 4.69) is 15.6 Å². The zero-order chi connectivity index (χ0) is 25.9. The Morgan fingerprint density at radius 2 is 1.51 bits per heavy atom. The van der Waals surface area contributed by atoms with Crippen LogP contribution in [-0.4, -0.2) is 48.3 Å². The summed E-state index contributed by atoms with van der Waals surface area (Å²) in [5.41, 5.74) is 2.00. The number of carbonyl (C=O) groups excluding carboxylic acids is 2. The Morgan fingerprint density at radius 3 is 2.24 bits per heavy atom. The molecule has 0 radical (unpaired) electrons. The van der Waals surface area contributed by atoms with Gasteiger partial charge in [-0.25, -0.2) is 14.6 Å². The van der Waals surface area contributed by atoms with Crippen LogP contribution in [0.3, 0.4) is 0 Å². The molecule has 4 rings (SSSR count). The molecule has 2 N–H and O–H groups in total. The highest BCUT2D eigenvalue weighted by molar-refractivity contribution is 5.89. The molecule has 4 aromatic rings. The number of hydrogen-bond acceptors (Lipinski definition) is 5. The maximum atomic E-state index is 12.8. The van der Waals surface area contributed by atoms with Gasteiger partial charge in [-0.1, -0.05) is 84.9 Å². The average Bonchev–Trinajstić information content (AvgIpc) is 2.94. The van der Waals surface area contributed by atoms with E-state index in [1.807, 2.05) is 84.9 Å². The predicted octanol–water partition coefficient (Wildman–Crippen LogP) is 5.21. The van der Waals surface area contributed by atoms with Gasteiger partial charge < -0.3 is 19.7 Å². The Bertz CT molecular complexity index is 1300. The monoisotopic (exact) mass is 498 g/mol. The highest BCUT2D eigenvalue weighted by Gasteiger charge is 2.22. The Morgan fingerprint density at radius 1 is 0.865 bits per heavy atom. The molecule has 0 aliphatic carbocycles. The highest BCUT2D eigenvalue weighted by atomic mass is 16.6. The van der Waals surface area contributed by atoms with E-state index in [4.69, 9.17) is 9.47 Å². The summed E-state index contributed by atoms with van der Waals surface area (Å²) in [5, 5.41) is 7.48. The number of ether oxygens (including phenoxy) is 2. The summed E-state index contributed by atoms with van der Waals surface area (Å²) >= 11 is 0. The molecule has 8 nitrogen and oxygen atoms in total. The number of likely N-dealkylation sites (N-methyl/N-ethyl adjacent to an activating group) is 1. The minimum absolute atomic E-state index is 0.0521. The van der Waals surface area contributed by atoms with E-state index in [0.29, 0.717) is 19.0 Å². The first-order valence-electron chi connectivity index (χ1n) is 12.0. The molecule has 1 heterocycles. The topological polar surface area (TPSA) is 92.8 Å². The number of aromatic nitrogens is 1. The third-order valence-electron chi connectivity index (χ3n) is 5.84. The van der Waals surface area contributed by atoms with Crippen molar-refractivity contribution < 1.29 is 19.1 Å². The second-order valence-corrected chi connectivity index (χ2v) is 8.55. The van der Waals surface area contributed by atoms with Gasteiger partial charge in [-0.15, -0.1) is 0 Å². The SMILES string of the molecule is CN(C(=O)NCc1ccccc1)[C@@H](COCc1ccccc1)COC(=O)Nc1cc2ccccc2cn1. The number of rotatable bonds is 10. The van der Waals surface area contributed by atoms with Crippen molar-refractivity contribution >= 4 is 28.7 Å². The first-order chi connectivity index (χ1) is 18.1. The van der Waals surface area contributed by atoms with Crippen LogP contribution in [0.2, 0.25) is 0 Å². The summed E-state index contributed by atoms with van der Waals surface area (Å²) < 4.78 is 11.3. The number of nitrogens with zero attached hydrogens (tertiary/aromatic N) is 2. The van der Waals surface area contributed by atoms with Crippen molar-refractivity contribution in [2.75, 3.05) is 25.6 Å². The van der Waals surface area contributed by atoms with Gasteiger partial charge in [0, 0.05) is 25.2 Å². The van der Waals surface area contributed by atoms with Crippen LogP contribution in [0.15, 0.2) is 97.2 Å². The maximum absolute atomic E-state index is 12.8. The fourth-order valence-electron chi connectivity index (χ4n) is 3.69. The van der Waals surface area contributed by atoms with Crippen LogP contribution in [0.1, 0.15) is 11.1 Å². The van der Waals surface area contributed by atoms with E-state index in [1.54, 1.807) is 19.3 Å². The predicted molar refractivity (Wildman–Crippen MR) is 143 cm³/mol. The third-order valence-corrected chi connectivity index (χ3v) is 5.84. The van der Waals surface area contributed by atoms with Crippen molar-refractivity contribution in [2.24, 2.45) is 0 Å². The fraction of sp³-hybridized carbons (Fsp3) is 0.207. The van der Waals surface area contributed by atoms with Crippen molar-refractivity contribution in [2.45, 2.75) is 19.2 Å². The second kappa shape index (κ2) is 13.0. The minimum Gasteiger partial charge on any atom is -0.447 e. The van der Waals surface area contributed by atoms with Gasteiger partial charge in [0.05, 0.1) is 19.3 Å². The zero-order valence-electron chi connectivity index (χ0n) is 20.7. The van der Waals surface area contributed by atoms with Gasteiger partial charge in [0.1, 0.15) is 12.4 Å². The molecule has 37 heavy (non-hydrogen) atoms.